The van der Waals surface area contributed by atoms with Crippen LogP contribution in [0.15, 0.2) is 36.4 Å². The van der Waals surface area contributed by atoms with Crippen molar-refractivity contribution >= 4 is 33.2 Å². The van der Waals surface area contributed by atoms with Crippen molar-refractivity contribution in [1.82, 2.24) is 9.62 Å². The van der Waals surface area contributed by atoms with Gasteiger partial charge in [-0.1, -0.05) is 31.0 Å². The van der Waals surface area contributed by atoms with E-state index in [2.05, 4.69) is 35.5 Å². The van der Waals surface area contributed by atoms with Crippen LogP contribution in [0, 0.1) is 23.7 Å². The molecule has 0 radical (unpaired) electrons. The van der Waals surface area contributed by atoms with Crippen molar-refractivity contribution in [3.8, 4) is 5.75 Å². The number of sulfonamides is 1. The van der Waals surface area contributed by atoms with E-state index in [4.69, 9.17) is 25.8 Å². The SMILES string of the molecule is C[C@@H]1[C@@H](C)CCC[C@H]([C@H]2OC[C@@](C)(N(C)C)CO2)[C@@H]2CC[C@H]2CN2CCCCc3cc(Cl)ccc3COc3ccc(cc32)C(=O)NS1(=O)=O. The predicted octanol–water partition coefficient (Wildman–Crippen LogP) is 6.67. The number of nitrogens with one attached hydrogen (secondary N) is 1. The van der Waals surface area contributed by atoms with E-state index in [1.54, 1.807) is 13.0 Å². The molecule has 1 N–H and O–H groups in total. The summed E-state index contributed by atoms with van der Waals surface area (Å²) in [6.45, 7) is 9.04. The molecule has 6 rings (SSSR count). The third-order valence-electron chi connectivity index (χ3n) is 12.0. The fourth-order valence-corrected chi connectivity index (χ4v) is 9.42. The lowest BCUT2D eigenvalue weighted by atomic mass is 9.65. The number of carbonyl (C=O) groups is 1. The first-order valence-corrected chi connectivity index (χ1v) is 20.0. The van der Waals surface area contributed by atoms with Gasteiger partial charge >= 0.3 is 0 Å². The topological polar surface area (TPSA) is 97.4 Å². The van der Waals surface area contributed by atoms with E-state index in [0.29, 0.717) is 43.0 Å². The molecule has 3 aliphatic heterocycles. The highest BCUT2D eigenvalue weighted by Crippen LogP contribution is 2.47. The molecule has 0 unspecified atom stereocenters. The molecule has 0 spiro atoms. The predicted molar refractivity (Wildman–Crippen MR) is 194 cm³/mol. The van der Waals surface area contributed by atoms with Crippen molar-refractivity contribution in [3.05, 3.63) is 58.1 Å². The van der Waals surface area contributed by atoms with E-state index in [0.717, 1.165) is 80.7 Å². The average molecular weight is 716 g/mol. The number of hydrogen-bond donors (Lipinski definition) is 1. The third kappa shape index (κ3) is 8.09. The van der Waals surface area contributed by atoms with Gasteiger partial charge in [-0.15, -0.1) is 0 Å². The number of rotatable bonds is 2. The summed E-state index contributed by atoms with van der Waals surface area (Å²) in [4.78, 5) is 18.1. The number of benzene rings is 2. The van der Waals surface area contributed by atoms with Gasteiger partial charge in [-0.05, 0) is 132 Å². The standard InChI is InChI=1S/C38H54ClN3O6S/c1-25-9-8-11-33(37-47-23-38(3,24-48-37)41(4)5)32-16-13-29(32)21-42-18-7-6-10-27-19-31(39)15-12-30(27)22-46-35-17-14-28(20-34(35)42)36(43)40-49(44,45)26(25)2/h12,14-15,17,19-20,25-26,29,32-33,37H,6-11,13,16,18,21-24H2,1-5H3,(H,40,43)/t25-,26+,29-,32+,33-,37-,38+/m0/s1. The Morgan fingerprint density at radius 1 is 0.939 bits per heavy atom. The van der Waals surface area contributed by atoms with Crippen LogP contribution < -0.4 is 14.4 Å². The number of nitrogens with zero attached hydrogens (tertiary/aromatic N) is 2. The number of aryl methyl sites for hydroxylation is 1. The molecule has 0 aromatic heterocycles. The second kappa shape index (κ2) is 15.1. The molecule has 1 saturated carbocycles. The maximum absolute atomic E-state index is 13.5. The minimum atomic E-state index is -3.91. The number of halogens is 1. The van der Waals surface area contributed by atoms with E-state index in [-0.39, 0.29) is 23.7 Å². The van der Waals surface area contributed by atoms with E-state index < -0.39 is 21.2 Å². The number of hydrogen-bond acceptors (Lipinski definition) is 8. The number of anilines is 1. The van der Waals surface area contributed by atoms with Gasteiger partial charge in [0.2, 0.25) is 10.0 Å². The van der Waals surface area contributed by atoms with E-state index in [9.17, 15) is 13.2 Å². The maximum atomic E-state index is 13.5. The van der Waals surface area contributed by atoms with Crippen LogP contribution in [0.3, 0.4) is 0 Å². The summed E-state index contributed by atoms with van der Waals surface area (Å²) in [6, 6.07) is 11.3. The van der Waals surface area contributed by atoms with Gasteiger partial charge in [-0.2, -0.15) is 0 Å². The number of carbonyl (C=O) groups excluding carboxylic acids is 1. The summed E-state index contributed by atoms with van der Waals surface area (Å²) < 4.78 is 48.9. The van der Waals surface area contributed by atoms with Crippen LogP contribution in [0.4, 0.5) is 5.69 Å². The zero-order valence-electron chi connectivity index (χ0n) is 29.8. The summed E-state index contributed by atoms with van der Waals surface area (Å²) in [5, 5.41) is -0.00670. The molecule has 9 nitrogen and oxygen atoms in total. The minimum absolute atomic E-state index is 0.129. The highest BCUT2D eigenvalue weighted by molar-refractivity contribution is 7.90. The molecule has 1 aliphatic carbocycles. The van der Waals surface area contributed by atoms with Crippen LogP contribution in [0.1, 0.15) is 87.2 Å². The molecular weight excluding hydrogens is 662 g/mol. The number of likely N-dealkylation sites (N-methyl/N-ethyl adjacent to an activating group) is 1. The second-order valence-corrected chi connectivity index (χ2v) is 17.9. The van der Waals surface area contributed by atoms with Gasteiger partial charge < -0.3 is 19.1 Å². The van der Waals surface area contributed by atoms with Gasteiger partial charge in [0.05, 0.1) is 29.7 Å². The van der Waals surface area contributed by atoms with Gasteiger partial charge in [0.25, 0.3) is 5.91 Å². The number of fused-ring (bicyclic) bond motifs is 3. The van der Waals surface area contributed by atoms with Crippen molar-refractivity contribution < 1.29 is 27.4 Å². The Morgan fingerprint density at radius 2 is 1.71 bits per heavy atom. The third-order valence-corrected chi connectivity index (χ3v) is 14.1. The van der Waals surface area contributed by atoms with E-state index >= 15 is 0 Å². The van der Waals surface area contributed by atoms with E-state index in [1.807, 2.05) is 37.3 Å². The first kappa shape index (κ1) is 36.4. The van der Waals surface area contributed by atoms with Crippen LogP contribution in [0.5, 0.6) is 5.75 Å². The fourth-order valence-electron chi connectivity index (χ4n) is 7.92. The Bertz CT molecular complexity index is 1590. The molecule has 2 fully saturated rings. The van der Waals surface area contributed by atoms with Crippen molar-refractivity contribution in [2.45, 2.75) is 95.8 Å². The van der Waals surface area contributed by atoms with Crippen LogP contribution in [0.25, 0.3) is 0 Å². The number of ether oxygens (including phenoxy) is 3. The Kier molecular flexibility index (Phi) is 11.2. The molecule has 270 valence electrons. The van der Waals surface area contributed by atoms with Crippen LogP contribution in [-0.2, 0) is 32.5 Å². The Hall–Kier alpha value is -2.37. The lowest BCUT2D eigenvalue weighted by Gasteiger charge is -2.50. The molecule has 1 saturated heterocycles. The highest BCUT2D eigenvalue weighted by Gasteiger charge is 2.45. The maximum Gasteiger partial charge on any atom is 0.264 e. The first-order valence-electron chi connectivity index (χ1n) is 18.1. The molecule has 5 atom stereocenters. The lowest BCUT2D eigenvalue weighted by Crippen LogP contribution is -2.57. The molecule has 1 amide bonds. The van der Waals surface area contributed by atoms with Crippen LogP contribution >= 0.6 is 11.6 Å². The second-order valence-electron chi connectivity index (χ2n) is 15.4. The molecular formula is C38H54ClN3O6S. The molecule has 2 aromatic carbocycles. The van der Waals surface area contributed by atoms with Gasteiger partial charge in [-0.25, -0.2) is 13.1 Å². The Balaban J connectivity index is 1.35. The van der Waals surface area contributed by atoms with Crippen molar-refractivity contribution in [2.24, 2.45) is 23.7 Å². The summed E-state index contributed by atoms with van der Waals surface area (Å²) in [7, 11) is 0.224. The highest BCUT2D eigenvalue weighted by atomic mass is 35.5. The van der Waals surface area contributed by atoms with Crippen LogP contribution in [-0.4, -0.2) is 76.7 Å². The van der Waals surface area contributed by atoms with Gasteiger partial charge in [-0.3, -0.25) is 9.69 Å². The largest absolute Gasteiger partial charge is 0.487 e. The molecule has 49 heavy (non-hydrogen) atoms. The Labute approximate surface area is 298 Å². The zero-order valence-corrected chi connectivity index (χ0v) is 31.3. The Morgan fingerprint density at radius 3 is 2.43 bits per heavy atom. The molecule has 4 aliphatic rings. The zero-order chi connectivity index (χ0) is 34.9. The van der Waals surface area contributed by atoms with Crippen molar-refractivity contribution in [1.29, 1.82) is 0 Å². The molecule has 2 bridgehead atoms. The van der Waals surface area contributed by atoms with Crippen molar-refractivity contribution in [3.63, 3.8) is 0 Å². The first-order chi connectivity index (χ1) is 23.3. The average Bonchev–Trinajstić information content (AvgIpc) is 3.08. The van der Waals surface area contributed by atoms with E-state index in [1.165, 1.54) is 5.56 Å². The summed E-state index contributed by atoms with van der Waals surface area (Å²) >= 11 is 6.38. The van der Waals surface area contributed by atoms with Gasteiger partial charge in [0.1, 0.15) is 12.4 Å². The molecule has 11 heteroatoms. The molecule has 3 heterocycles. The summed E-state index contributed by atoms with van der Waals surface area (Å²) in [6.07, 6.45) is 7.28. The minimum Gasteiger partial charge on any atom is -0.487 e. The summed E-state index contributed by atoms with van der Waals surface area (Å²) in [5.74, 6) is 0.993. The van der Waals surface area contributed by atoms with Gasteiger partial charge in [0, 0.05) is 29.6 Å². The quantitative estimate of drug-likeness (QED) is 0.369. The van der Waals surface area contributed by atoms with Gasteiger partial charge in [0.15, 0.2) is 6.29 Å². The fraction of sp³-hybridized carbons (Fsp3) is 0.658. The number of amides is 1. The molecule has 2 aromatic rings. The summed E-state index contributed by atoms with van der Waals surface area (Å²) in [5.41, 5.74) is 3.24. The van der Waals surface area contributed by atoms with Crippen molar-refractivity contribution in [2.75, 3.05) is 45.3 Å². The monoisotopic (exact) mass is 715 g/mol. The normalized spacial score (nSPS) is 32.8. The lowest BCUT2D eigenvalue weighted by molar-refractivity contribution is -0.260. The smallest absolute Gasteiger partial charge is 0.264 e. The van der Waals surface area contributed by atoms with Crippen LogP contribution in [0.2, 0.25) is 5.02 Å².